The van der Waals surface area contributed by atoms with Gasteiger partial charge in [0.15, 0.2) is 0 Å². The smallest absolute Gasteiger partial charge is 0.261 e. The van der Waals surface area contributed by atoms with Crippen LogP contribution in [0.1, 0.15) is 46.1 Å². The predicted octanol–water partition coefficient (Wildman–Crippen LogP) is 2.02. The molecule has 1 aliphatic rings. The van der Waals surface area contributed by atoms with E-state index in [-0.39, 0.29) is 23.1 Å². The fourth-order valence-electron chi connectivity index (χ4n) is 3.54. The number of benzene rings is 1. The third-order valence-corrected chi connectivity index (χ3v) is 4.95. The molecule has 0 saturated carbocycles. The number of aromatic amines is 1. The molecule has 3 aromatic rings. The van der Waals surface area contributed by atoms with Gasteiger partial charge in [-0.05, 0) is 42.9 Å². The van der Waals surface area contributed by atoms with Crippen LogP contribution in [0.3, 0.4) is 0 Å². The van der Waals surface area contributed by atoms with Gasteiger partial charge in [-0.2, -0.15) is 5.10 Å². The van der Waals surface area contributed by atoms with Crippen molar-refractivity contribution in [2.45, 2.75) is 38.3 Å². The summed E-state index contributed by atoms with van der Waals surface area (Å²) in [5, 5.41) is 7.13. The van der Waals surface area contributed by atoms with Gasteiger partial charge in [0.25, 0.3) is 11.5 Å². The van der Waals surface area contributed by atoms with Gasteiger partial charge in [-0.15, -0.1) is 0 Å². The van der Waals surface area contributed by atoms with Gasteiger partial charge in [0, 0.05) is 12.2 Å². The first-order chi connectivity index (χ1) is 13.2. The van der Waals surface area contributed by atoms with E-state index in [0.29, 0.717) is 13.0 Å². The van der Waals surface area contributed by atoms with Gasteiger partial charge in [-0.3, -0.25) is 14.3 Å². The normalized spacial score (nSPS) is 13.9. The lowest BCUT2D eigenvalue weighted by Crippen LogP contribution is -2.33. The van der Waals surface area contributed by atoms with Crippen LogP contribution in [0.5, 0.6) is 0 Å². The topological polar surface area (TPSA) is 92.7 Å². The summed E-state index contributed by atoms with van der Waals surface area (Å²) in [6.07, 6.45) is 6.57. The van der Waals surface area contributed by atoms with Gasteiger partial charge in [-0.25, -0.2) is 4.98 Å². The van der Waals surface area contributed by atoms with Crippen LogP contribution in [0, 0.1) is 0 Å². The number of hydrogen-bond donors (Lipinski definition) is 2. The number of hydrogen-bond acceptors (Lipinski definition) is 4. The Hall–Kier alpha value is -3.22. The zero-order valence-electron chi connectivity index (χ0n) is 14.9. The van der Waals surface area contributed by atoms with E-state index >= 15 is 0 Å². The molecular formula is C20H21N5O2. The molecule has 0 radical (unpaired) electrons. The number of amides is 1. The maximum atomic E-state index is 12.8. The molecule has 2 heterocycles. The zero-order chi connectivity index (χ0) is 18.6. The first-order valence-corrected chi connectivity index (χ1v) is 9.14. The Balaban J connectivity index is 1.55. The lowest BCUT2D eigenvalue weighted by atomic mass is 10.0. The van der Waals surface area contributed by atoms with Crippen LogP contribution in [0.15, 0.2) is 53.8 Å². The Morgan fingerprint density at radius 1 is 1.26 bits per heavy atom. The molecule has 0 bridgehead atoms. The summed E-state index contributed by atoms with van der Waals surface area (Å²) in [5.74, 6) is -0.349. The van der Waals surface area contributed by atoms with Crippen LogP contribution in [-0.2, 0) is 19.4 Å². The van der Waals surface area contributed by atoms with E-state index < -0.39 is 0 Å². The average Bonchev–Trinajstić information content (AvgIpc) is 3.36. The third-order valence-electron chi connectivity index (χ3n) is 4.95. The number of nitrogens with one attached hydrogen (secondary N) is 2. The van der Waals surface area contributed by atoms with Gasteiger partial charge in [-0.1, -0.05) is 30.3 Å². The van der Waals surface area contributed by atoms with Crippen molar-refractivity contribution in [1.29, 1.82) is 0 Å². The third kappa shape index (κ3) is 3.81. The van der Waals surface area contributed by atoms with Gasteiger partial charge in [0.1, 0.15) is 18.2 Å². The maximum Gasteiger partial charge on any atom is 0.261 e. The summed E-state index contributed by atoms with van der Waals surface area (Å²) in [6.45, 7) is 0.611. The van der Waals surface area contributed by atoms with Crippen LogP contribution >= 0.6 is 0 Å². The lowest BCUT2D eigenvalue weighted by Gasteiger charge is -2.19. The molecule has 0 unspecified atom stereocenters. The molecule has 7 nitrogen and oxygen atoms in total. The maximum absolute atomic E-state index is 12.8. The molecule has 1 aromatic carbocycles. The Morgan fingerprint density at radius 3 is 2.89 bits per heavy atom. The Bertz CT molecular complexity index is 979. The van der Waals surface area contributed by atoms with Crippen molar-refractivity contribution in [2.24, 2.45) is 0 Å². The number of carbonyl (C=O) groups is 1. The van der Waals surface area contributed by atoms with Crippen LogP contribution < -0.4 is 10.9 Å². The Kier molecular flexibility index (Phi) is 4.82. The first kappa shape index (κ1) is 17.2. The average molecular weight is 363 g/mol. The molecule has 0 aliphatic heterocycles. The molecule has 0 saturated heterocycles. The summed E-state index contributed by atoms with van der Waals surface area (Å²) in [6, 6.07) is 11.3. The summed E-state index contributed by atoms with van der Waals surface area (Å²) in [4.78, 5) is 32.0. The fraction of sp³-hybridized carbons (Fsp3) is 0.300. The van der Waals surface area contributed by atoms with E-state index in [2.05, 4.69) is 20.4 Å². The number of H-pyrrole nitrogens is 1. The van der Waals surface area contributed by atoms with E-state index in [1.54, 1.807) is 17.1 Å². The molecule has 27 heavy (non-hydrogen) atoms. The number of pyridine rings is 1. The molecule has 7 heteroatoms. The number of carbonyl (C=O) groups excluding carboxylic acids is 1. The number of nitrogens with zero attached hydrogens (tertiary/aromatic N) is 3. The quantitative estimate of drug-likeness (QED) is 0.701. The molecule has 4 rings (SSSR count). The monoisotopic (exact) mass is 363 g/mol. The molecule has 1 amide bonds. The predicted molar refractivity (Wildman–Crippen MR) is 100 cm³/mol. The second-order valence-corrected chi connectivity index (χ2v) is 6.75. The second-order valence-electron chi connectivity index (χ2n) is 6.75. The Labute approximate surface area is 156 Å². The number of aromatic nitrogens is 4. The molecule has 2 aromatic heterocycles. The fourth-order valence-corrected chi connectivity index (χ4v) is 3.54. The second kappa shape index (κ2) is 7.57. The molecule has 1 aliphatic carbocycles. The van der Waals surface area contributed by atoms with E-state index in [1.807, 2.05) is 30.3 Å². The summed E-state index contributed by atoms with van der Waals surface area (Å²) in [5.41, 5.74) is 2.87. The van der Waals surface area contributed by atoms with Crippen LogP contribution in [0.4, 0.5) is 0 Å². The van der Waals surface area contributed by atoms with Crippen molar-refractivity contribution < 1.29 is 4.79 Å². The minimum absolute atomic E-state index is 0.178. The number of fused-ring (bicyclic) bond motifs is 1. The van der Waals surface area contributed by atoms with E-state index in [0.717, 1.165) is 36.1 Å². The van der Waals surface area contributed by atoms with Crippen LogP contribution in [-0.4, -0.2) is 25.7 Å². The molecule has 1 atom stereocenters. The van der Waals surface area contributed by atoms with E-state index in [9.17, 15) is 9.59 Å². The highest BCUT2D eigenvalue weighted by Crippen LogP contribution is 2.20. The zero-order valence-corrected chi connectivity index (χ0v) is 14.9. The van der Waals surface area contributed by atoms with Crippen molar-refractivity contribution in [2.75, 3.05) is 0 Å². The highest BCUT2D eigenvalue weighted by atomic mass is 16.2. The minimum atomic E-state index is -0.349. The largest absolute Gasteiger partial charge is 0.345 e. The minimum Gasteiger partial charge on any atom is -0.345 e. The highest BCUT2D eigenvalue weighted by molar-refractivity contribution is 5.94. The van der Waals surface area contributed by atoms with Crippen LogP contribution in [0.25, 0.3) is 0 Å². The summed E-state index contributed by atoms with van der Waals surface area (Å²) < 4.78 is 1.73. The van der Waals surface area contributed by atoms with Crippen molar-refractivity contribution in [3.05, 3.63) is 81.8 Å². The van der Waals surface area contributed by atoms with Crippen molar-refractivity contribution >= 4 is 5.91 Å². The van der Waals surface area contributed by atoms with Gasteiger partial charge < -0.3 is 10.3 Å². The van der Waals surface area contributed by atoms with Crippen molar-refractivity contribution in [3.8, 4) is 0 Å². The number of aryl methyl sites for hydroxylation is 3. The SMILES string of the molecule is O=C(N[C@H](CCn1cncn1)c1ccccc1)c1cc2c([nH]c1=O)CCC2. The van der Waals surface area contributed by atoms with E-state index in [1.165, 1.54) is 6.33 Å². The van der Waals surface area contributed by atoms with Crippen molar-refractivity contribution in [3.63, 3.8) is 0 Å². The highest BCUT2D eigenvalue weighted by Gasteiger charge is 2.21. The molecule has 2 N–H and O–H groups in total. The van der Waals surface area contributed by atoms with Gasteiger partial charge >= 0.3 is 0 Å². The van der Waals surface area contributed by atoms with Gasteiger partial charge in [0.2, 0.25) is 0 Å². The van der Waals surface area contributed by atoms with Gasteiger partial charge in [0.05, 0.1) is 6.04 Å². The molecule has 0 spiro atoms. The molecule has 138 valence electrons. The van der Waals surface area contributed by atoms with Crippen molar-refractivity contribution in [1.82, 2.24) is 25.1 Å². The first-order valence-electron chi connectivity index (χ1n) is 9.14. The summed E-state index contributed by atoms with van der Waals surface area (Å²) >= 11 is 0. The molecular weight excluding hydrogens is 342 g/mol. The standard InChI is InChI=1S/C20H21N5O2/c26-19-16(11-15-7-4-8-17(15)23-19)20(27)24-18(14-5-2-1-3-6-14)9-10-25-13-21-12-22-25/h1-3,5-6,11-13,18H,4,7-10H2,(H,23,26)(H,24,27)/t18-/m1/s1. The van der Waals surface area contributed by atoms with Crippen LogP contribution in [0.2, 0.25) is 0 Å². The molecule has 0 fully saturated rings. The summed E-state index contributed by atoms with van der Waals surface area (Å²) in [7, 11) is 0. The Morgan fingerprint density at radius 2 is 2.11 bits per heavy atom. The number of rotatable bonds is 6. The van der Waals surface area contributed by atoms with E-state index in [4.69, 9.17) is 0 Å². The lowest BCUT2D eigenvalue weighted by molar-refractivity contribution is 0.0931.